The third-order valence-corrected chi connectivity index (χ3v) is 15.0. The number of nitrogens with zero attached hydrogens (tertiary/aromatic N) is 4. The number of anilines is 4. The molecule has 0 bridgehead atoms. The molecule has 0 saturated carbocycles. The van der Waals surface area contributed by atoms with Gasteiger partial charge in [-0.1, -0.05) is 184 Å². The first-order valence-corrected chi connectivity index (χ1v) is 26.1. The van der Waals surface area contributed by atoms with E-state index in [0.29, 0.717) is 47.3 Å². The first-order chi connectivity index (χ1) is 30.2. The molecule has 0 radical (unpaired) electrons. The monoisotopic (exact) mass is 901 g/mol. The summed E-state index contributed by atoms with van der Waals surface area (Å²) in [4.78, 5) is 9.80. The van der Waals surface area contributed by atoms with E-state index in [1.165, 1.54) is 67.3 Å². The van der Waals surface area contributed by atoms with Gasteiger partial charge in [-0.25, -0.2) is 0 Å². The molecule has 3 aliphatic heterocycles. The van der Waals surface area contributed by atoms with Crippen molar-refractivity contribution in [1.82, 2.24) is 0 Å². The molecule has 0 spiro atoms. The van der Waals surface area contributed by atoms with Crippen molar-refractivity contribution < 1.29 is 17.2 Å². The van der Waals surface area contributed by atoms with Gasteiger partial charge < -0.3 is 27.8 Å². The first-order valence-electron chi connectivity index (χ1n) is 23.6. The molecule has 7 rings (SSSR count). The Morgan fingerprint density at radius 3 is 0.594 bits per heavy atom. The van der Waals surface area contributed by atoms with E-state index in [-0.39, 0.29) is 0 Å². The third-order valence-electron chi connectivity index (χ3n) is 12.3. The molecule has 4 aromatic rings. The average Bonchev–Trinajstić information content (AvgIpc) is 3.93. The lowest BCUT2D eigenvalue weighted by Gasteiger charge is -2.31. The number of benzene rings is 4. The molecule has 0 unspecified atom stereocenters. The van der Waals surface area contributed by atoms with Crippen LogP contribution in [0, 0.1) is 0 Å². The zero-order chi connectivity index (χ0) is 47.2. The second-order valence-corrected chi connectivity index (χ2v) is 22.5. The smallest absolute Gasteiger partial charge is 0.467 e. The van der Waals surface area contributed by atoms with Gasteiger partial charge in [-0.3, -0.25) is 8.92 Å². The zero-order valence-corrected chi connectivity index (χ0v) is 43.7. The van der Waals surface area contributed by atoms with Crippen LogP contribution in [-0.4, -0.2) is 31.7 Å². The highest BCUT2D eigenvalue weighted by atomic mass is 28.4. The van der Waals surface area contributed by atoms with Gasteiger partial charge in [0.15, 0.2) is 0 Å². The fourth-order valence-corrected chi connectivity index (χ4v) is 10.1. The minimum atomic E-state index is -2.26. The van der Waals surface area contributed by atoms with E-state index < -0.39 is 18.3 Å². The first kappa shape index (κ1) is 50.2. The molecule has 8 nitrogen and oxygen atoms in total. The quantitative estimate of drug-likeness (QED) is 0.130. The molecule has 0 atom stereocenters. The van der Waals surface area contributed by atoms with Gasteiger partial charge in [-0.15, -0.1) is 0 Å². The number of para-hydroxylation sites is 4. The van der Waals surface area contributed by atoms with Gasteiger partial charge in [0.1, 0.15) is 0 Å². The summed E-state index contributed by atoms with van der Waals surface area (Å²) in [5, 5.41) is 0. The highest BCUT2D eigenvalue weighted by Crippen LogP contribution is 2.43. The summed E-state index contributed by atoms with van der Waals surface area (Å²) < 4.78 is 27.4. The fraction of sp³-hybridized carbons (Fsp3) is 0.481. The van der Waals surface area contributed by atoms with E-state index in [9.17, 15) is 8.92 Å². The van der Waals surface area contributed by atoms with Crippen molar-refractivity contribution in [3.05, 3.63) is 142 Å². The topological polar surface area (TPSA) is 65.6 Å². The Bertz CT molecular complexity index is 1900. The van der Waals surface area contributed by atoms with Crippen LogP contribution in [0.5, 0.6) is 0 Å². The molecule has 10 heteroatoms. The van der Waals surface area contributed by atoms with Crippen molar-refractivity contribution in [3.8, 4) is 0 Å². The lowest BCUT2D eigenvalue weighted by atomic mass is 9.91. The van der Waals surface area contributed by atoms with Crippen LogP contribution in [0.1, 0.15) is 203 Å². The summed E-state index contributed by atoms with van der Waals surface area (Å²) in [7, 11) is -4.52. The summed E-state index contributed by atoms with van der Waals surface area (Å²) in [6.45, 7) is 38.5. The van der Waals surface area contributed by atoms with Gasteiger partial charge in [-0.2, -0.15) is 0 Å². The molecule has 1 saturated heterocycles. The summed E-state index contributed by atoms with van der Waals surface area (Å²) in [5.41, 5.74) is 17.0. The van der Waals surface area contributed by atoms with Crippen LogP contribution < -0.4 is 19.6 Å². The molecule has 3 aliphatic rings. The van der Waals surface area contributed by atoms with E-state index >= 15 is 0 Å². The van der Waals surface area contributed by atoms with Crippen molar-refractivity contribution in [2.24, 2.45) is 0 Å². The second kappa shape index (κ2) is 21.9. The summed E-state index contributed by atoms with van der Waals surface area (Å²) in [5.74, 6) is 4.00. The van der Waals surface area contributed by atoms with E-state index in [1.54, 1.807) is 0 Å². The SMILES string of the molecule is CC(C)c1cccc(C(C)C)c1N1C=CN(c2c(C(C)C)cccc2C(C)C)C1.CC(C)c1cccc(C(C)C)c1N1C=CN(c2c(C(C)C)cccc2C(C)C)C1.O=[Si]1O[Si](=O)O1. The largest absolute Gasteiger partial charge is 0.756 e. The highest BCUT2D eigenvalue weighted by molar-refractivity contribution is 6.57. The van der Waals surface area contributed by atoms with Crippen molar-refractivity contribution >= 4 is 41.1 Å². The van der Waals surface area contributed by atoms with Crippen LogP contribution >= 0.6 is 0 Å². The summed E-state index contributed by atoms with van der Waals surface area (Å²) in [6.07, 6.45) is 9.09. The van der Waals surface area contributed by atoms with Crippen molar-refractivity contribution in [2.75, 3.05) is 32.9 Å². The van der Waals surface area contributed by atoms with Crippen LogP contribution in [0.3, 0.4) is 0 Å². The molecule has 1 fully saturated rings. The molecule has 0 N–H and O–H groups in total. The molecule has 64 heavy (non-hydrogen) atoms. The Kier molecular flexibility index (Phi) is 17.2. The van der Waals surface area contributed by atoms with E-state index in [0.717, 1.165) is 13.3 Å². The standard InChI is InChI=1S/2C27H38N2.O4Si2/c2*1-18(2)22-11-9-12-23(19(3)4)26(22)28-15-16-29(17-28)27-24(20(5)6)13-10-14-25(27)21(7)8;1-5-3-6(2)4-5/h2*9-16,18-21H,17H2,1-8H3;. The minimum absolute atomic E-state index is 0.500. The van der Waals surface area contributed by atoms with Crippen LogP contribution in [0.4, 0.5) is 22.7 Å². The van der Waals surface area contributed by atoms with Gasteiger partial charge in [0.05, 0.1) is 13.3 Å². The van der Waals surface area contributed by atoms with Crippen LogP contribution in [0.15, 0.2) is 97.6 Å². The average molecular weight is 901 g/mol. The van der Waals surface area contributed by atoms with Gasteiger partial charge in [0.25, 0.3) is 0 Å². The Labute approximate surface area is 389 Å². The molecule has 0 amide bonds. The van der Waals surface area contributed by atoms with Gasteiger partial charge in [-0.05, 0) is 91.9 Å². The lowest BCUT2D eigenvalue weighted by molar-refractivity contribution is 0.203. The van der Waals surface area contributed by atoms with Crippen LogP contribution in [0.25, 0.3) is 0 Å². The number of rotatable bonds is 12. The molecule has 3 heterocycles. The maximum absolute atomic E-state index is 9.68. The Morgan fingerprint density at radius 1 is 0.328 bits per heavy atom. The summed E-state index contributed by atoms with van der Waals surface area (Å²) in [6, 6.07) is 27.2. The zero-order valence-electron chi connectivity index (χ0n) is 41.7. The van der Waals surface area contributed by atoms with Crippen molar-refractivity contribution in [2.45, 2.75) is 158 Å². The Hall–Kier alpha value is -4.81. The maximum Gasteiger partial charge on any atom is 0.756 e. The lowest BCUT2D eigenvalue weighted by Crippen LogP contribution is -2.35. The van der Waals surface area contributed by atoms with Crippen molar-refractivity contribution in [3.63, 3.8) is 0 Å². The molecule has 344 valence electrons. The predicted molar refractivity (Wildman–Crippen MR) is 271 cm³/mol. The molecule has 0 aliphatic carbocycles. The second-order valence-electron chi connectivity index (χ2n) is 19.8. The van der Waals surface area contributed by atoms with Crippen LogP contribution in [0.2, 0.25) is 0 Å². The summed E-state index contributed by atoms with van der Waals surface area (Å²) >= 11 is 0. The van der Waals surface area contributed by atoms with Crippen molar-refractivity contribution in [1.29, 1.82) is 0 Å². The fourth-order valence-electron chi connectivity index (χ4n) is 8.94. The predicted octanol–water partition coefficient (Wildman–Crippen LogP) is 14.7. The number of hydrogen-bond donors (Lipinski definition) is 0. The normalized spacial score (nSPS) is 14.7. The van der Waals surface area contributed by atoms with E-state index in [2.05, 4.69) is 236 Å². The minimum Gasteiger partial charge on any atom is -0.467 e. The third kappa shape index (κ3) is 11.5. The van der Waals surface area contributed by atoms with Crippen LogP contribution in [-0.2, 0) is 17.2 Å². The number of hydrogen-bond acceptors (Lipinski definition) is 8. The van der Waals surface area contributed by atoms with Gasteiger partial charge in [0, 0.05) is 47.5 Å². The van der Waals surface area contributed by atoms with Gasteiger partial charge >= 0.3 is 18.3 Å². The molecular weight excluding hydrogens is 825 g/mol. The maximum atomic E-state index is 9.68. The molecule has 0 aromatic heterocycles. The molecule has 4 aromatic carbocycles. The van der Waals surface area contributed by atoms with Gasteiger partial charge in [0.2, 0.25) is 0 Å². The molecular formula is C54H76N4O4Si2. The Morgan fingerprint density at radius 2 is 0.484 bits per heavy atom. The highest BCUT2D eigenvalue weighted by Gasteiger charge is 2.36. The Balaban J connectivity index is 0.000000212. The van der Waals surface area contributed by atoms with E-state index in [1.807, 2.05) is 0 Å². The van der Waals surface area contributed by atoms with E-state index in [4.69, 9.17) is 0 Å².